The monoisotopic (exact) mass is 262 g/mol. The molecular formula is C13H18N4S. The van der Waals surface area contributed by atoms with Crippen molar-refractivity contribution < 1.29 is 0 Å². The van der Waals surface area contributed by atoms with E-state index >= 15 is 0 Å². The molecule has 0 aliphatic heterocycles. The van der Waals surface area contributed by atoms with Crippen molar-refractivity contribution in [3.63, 3.8) is 0 Å². The van der Waals surface area contributed by atoms with Gasteiger partial charge in [0, 0.05) is 12.1 Å². The fourth-order valence-electron chi connectivity index (χ4n) is 1.38. The molecule has 4 nitrogen and oxygen atoms in total. The maximum Gasteiger partial charge on any atom is 0.148 e. The van der Waals surface area contributed by atoms with E-state index in [0.717, 1.165) is 22.9 Å². The summed E-state index contributed by atoms with van der Waals surface area (Å²) < 4.78 is 0. The summed E-state index contributed by atoms with van der Waals surface area (Å²) in [5.41, 5.74) is 0.956. The fraction of sp³-hybridized carbons (Fsp3) is 0.385. The van der Waals surface area contributed by atoms with Crippen LogP contribution in [0.25, 0.3) is 10.6 Å². The van der Waals surface area contributed by atoms with E-state index in [9.17, 15) is 0 Å². The van der Waals surface area contributed by atoms with Crippen molar-refractivity contribution in [1.82, 2.24) is 15.5 Å². The van der Waals surface area contributed by atoms with E-state index in [1.807, 2.05) is 36.7 Å². The number of likely N-dealkylation sites (N-methyl/N-ethyl adjacent to an activating group) is 1. The van der Waals surface area contributed by atoms with Crippen molar-refractivity contribution in [2.75, 3.05) is 18.9 Å². The highest BCUT2D eigenvalue weighted by molar-refractivity contribution is 7.13. The Labute approximate surface area is 111 Å². The lowest BCUT2D eigenvalue weighted by Crippen LogP contribution is -2.42. The summed E-state index contributed by atoms with van der Waals surface area (Å²) in [6.07, 6.45) is 0. The zero-order valence-electron chi connectivity index (χ0n) is 10.9. The van der Waals surface area contributed by atoms with E-state index < -0.39 is 0 Å². The Balaban J connectivity index is 2.00. The van der Waals surface area contributed by atoms with Crippen LogP contribution in [0.1, 0.15) is 13.8 Å². The van der Waals surface area contributed by atoms with Gasteiger partial charge in [0.15, 0.2) is 0 Å². The molecule has 0 saturated heterocycles. The molecule has 0 fully saturated rings. The van der Waals surface area contributed by atoms with E-state index in [1.54, 1.807) is 11.3 Å². The normalized spacial score (nSPS) is 11.5. The van der Waals surface area contributed by atoms with Crippen LogP contribution in [-0.2, 0) is 0 Å². The molecule has 18 heavy (non-hydrogen) atoms. The molecule has 0 radical (unpaired) electrons. The van der Waals surface area contributed by atoms with Gasteiger partial charge in [0.1, 0.15) is 11.5 Å². The molecule has 0 bridgehead atoms. The van der Waals surface area contributed by atoms with Crippen LogP contribution >= 0.6 is 11.3 Å². The number of thiophene rings is 1. The van der Waals surface area contributed by atoms with Gasteiger partial charge in [-0.2, -0.15) is 0 Å². The third-order valence-corrected chi connectivity index (χ3v) is 3.72. The van der Waals surface area contributed by atoms with Crippen LogP contribution in [0.15, 0.2) is 29.6 Å². The van der Waals surface area contributed by atoms with Crippen molar-refractivity contribution in [3.8, 4) is 10.6 Å². The number of rotatable bonds is 5. The highest BCUT2D eigenvalue weighted by Gasteiger charge is 2.14. The second-order valence-corrected chi connectivity index (χ2v) is 5.72. The van der Waals surface area contributed by atoms with Gasteiger partial charge in [-0.15, -0.1) is 21.5 Å². The molecule has 96 valence electrons. The molecule has 0 aliphatic rings. The lowest BCUT2D eigenvalue weighted by atomic mass is 10.1. The lowest BCUT2D eigenvalue weighted by molar-refractivity contribution is 0.447. The Kier molecular flexibility index (Phi) is 3.93. The molecule has 2 rings (SSSR count). The van der Waals surface area contributed by atoms with Crippen LogP contribution in [0.2, 0.25) is 0 Å². The lowest BCUT2D eigenvalue weighted by Gasteiger charge is -2.24. The Morgan fingerprint density at radius 1 is 1.22 bits per heavy atom. The third-order valence-electron chi connectivity index (χ3n) is 2.83. The second kappa shape index (κ2) is 5.46. The summed E-state index contributed by atoms with van der Waals surface area (Å²) in [5.74, 6) is 0.804. The first-order chi connectivity index (χ1) is 8.61. The largest absolute Gasteiger partial charge is 0.367 e. The maximum atomic E-state index is 4.23. The number of nitrogens with one attached hydrogen (secondary N) is 2. The van der Waals surface area contributed by atoms with Gasteiger partial charge < -0.3 is 10.6 Å². The molecule has 2 heterocycles. The highest BCUT2D eigenvalue weighted by Crippen LogP contribution is 2.22. The van der Waals surface area contributed by atoms with E-state index in [4.69, 9.17) is 0 Å². The molecular weight excluding hydrogens is 244 g/mol. The smallest absolute Gasteiger partial charge is 0.148 e. The molecule has 0 spiro atoms. The van der Waals surface area contributed by atoms with Crippen molar-refractivity contribution >= 4 is 17.2 Å². The molecule has 2 N–H and O–H groups in total. The van der Waals surface area contributed by atoms with Crippen LogP contribution in [0, 0.1) is 0 Å². The van der Waals surface area contributed by atoms with E-state index in [-0.39, 0.29) is 5.54 Å². The van der Waals surface area contributed by atoms with Crippen LogP contribution in [0.3, 0.4) is 0 Å². The van der Waals surface area contributed by atoms with Gasteiger partial charge in [-0.25, -0.2) is 0 Å². The summed E-state index contributed by atoms with van der Waals surface area (Å²) in [6, 6.07) is 8.02. The Hall–Kier alpha value is -1.46. The predicted molar refractivity (Wildman–Crippen MR) is 77.0 cm³/mol. The molecule has 5 heteroatoms. The number of nitrogens with zero attached hydrogens (tertiary/aromatic N) is 2. The van der Waals surface area contributed by atoms with Gasteiger partial charge >= 0.3 is 0 Å². The number of anilines is 1. The van der Waals surface area contributed by atoms with Gasteiger partial charge in [0.2, 0.25) is 0 Å². The molecule has 0 atom stereocenters. The summed E-state index contributed by atoms with van der Waals surface area (Å²) >= 11 is 1.67. The first-order valence-corrected chi connectivity index (χ1v) is 6.79. The van der Waals surface area contributed by atoms with Crippen molar-refractivity contribution in [2.45, 2.75) is 19.4 Å². The van der Waals surface area contributed by atoms with E-state index in [1.165, 1.54) is 0 Å². The molecule has 2 aromatic rings. The standard InChI is InChI=1S/C13H18N4S/c1-13(2,14-3)9-15-12-7-6-10(16-17-12)11-5-4-8-18-11/h4-8,14H,9H2,1-3H3,(H,15,17). The summed E-state index contributed by atoms with van der Waals surface area (Å²) in [5, 5.41) is 17.0. The van der Waals surface area contributed by atoms with Gasteiger partial charge in [0.05, 0.1) is 4.88 Å². The van der Waals surface area contributed by atoms with Crippen molar-refractivity contribution in [1.29, 1.82) is 0 Å². The minimum absolute atomic E-state index is 0.0358. The van der Waals surface area contributed by atoms with Gasteiger partial charge in [-0.3, -0.25) is 0 Å². The Morgan fingerprint density at radius 2 is 2.06 bits per heavy atom. The first-order valence-electron chi connectivity index (χ1n) is 5.91. The van der Waals surface area contributed by atoms with Gasteiger partial charge in [-0.1, -0.05) is 6.07 Å². The quantitative estimate of drug-likeness (QED) is 0.869. The second-order valence-electron chi connectivity index (χ2n) is 4.77. The van der Waals surface area contributed by atoms with Crippen LogP contribution < -0.4 is 10.6 Å². The minimum atomic E-state index is 0.0358. The van der Waals surface area contributed by atoms with Crippen molar-refractivity contribution in [3.05, 3.63) is 29.6 Å². The van der Waals surface area contributed by atoms with Crippen LogP contribution in [-0.4, -0.2) is 29.3 Å². The minimum Gasteiger partial charge on any atom is -0.367 e. The third kappa shape index (κ3) is 3.27. The SMILES string of the molecule is CNC(C)(C)CNc1ccc(-c2cccs2)nn1. The number of hydrogen-bond donors (Lipinski definition) is 2. The zero-order valence-corrected chi connectivity index (χ0v) is 11.7. The average Bonchev–Trinajstić information content (AvgIpc) is 2.91. The summed E-state index contributed by atoms with van der Waals surface area (Å²) in [6.45, 7) is 5.07. The predicted octanol–water partition coefficient (Wildman–Crippen LogP) is 2.62. The molecule has 0 unspecified atom stereocenters. The molecule has 0 saturated carbocycles. The molecule has 0 aromatic carbocycles. The number of aromatic nitrogens is 2. The van der Waals surface area contributed by atoms with Gasteiger partial charge in [-0.05, 0) is 44.5 Å². The molecule has 0 aliphatic carbocycles. The highest BCUT2D eigenvalue weighted by atomic mass is 32.1. The van der Waals surface area contributed by atoms with Crippen LogP contribution in [0.5, 0.6) is 0 Å². The van der Waals surface area contributed by atoms with Crippen molar-refractivity contribution in [2.24, 2.45) is 0 Å². The first kappa shape index (κ1) is 13.0. The molecule has 2 aromatic heterocycles. The zero-order chi connectivity index (χ0) is 13.0. The van der Waals surface area contributed by atoms with Crippen LogP contribution in [0.4, 0.5) is 5.82 Å². The summed E-state index contributed by atoms with van der Waals surface area (Å²) in [7, 11) is 1.95. The van der Waals surface area contributed by atoms with E-state index in [2.05, 4.69) is 34.7 Å². The Bertz CT molecular complexity index is 476. The Morgan fingerprint density at radius 3 is 2.61 bits per heavy atom. The topological polar surface area (TPSA) is 49.8 Å². The fourth-order valence-corrected chi connectivity index (χ4v) is 2.07. The number of hydrogen-bond acceptors (Lipinski definition) is 5. The van der Waals surface area contributed by atoms with Gasteiger partial charge in [0.25, 0.3) is 0 Å². The molecule has 0 amide bonds. The maximum absolute atomic E-state index is 4.23. The average molecular weight is 262 g/mol. The van der Waals surface area contributed by atoms with E-state index in [0.29, 0.717) is 0 Å². The summed E-state index contributed by atoms with van der Waals surface area (Å²) in [4.78, 5) is 1.14.